The minimum Gasteiger partial charge on any atom is -0.457 e. The number of carbonyl (C=O) groups excluding carboxylic acids is 1. The molecule has 66 heavy (non-hydrogen) atoms. The molecule has 1 saturated carbocycles. The van der Waals surface area contributed by atoms with E-state index in [2.05, 4.69) is 13.8 Å². The summed E-state index contributed by atoms with van der Waals surface area (Å²) < 4.78 is 34.4. The van der Waals surface area contributed by atoms with Gasteiger partial charge < -0.3 is 39.9 Å². The molecule has 0 bridgehead atoms. The standard InChI is InChI=1S/C53H105O12P/c1-3-5-7-9-11-13-15-17-19-21-23-24-25-26-28-30-32-34-36-38-40-42-47(54)64-46(45-63-66(60,61)65-53-51(58)49(56)48(55)50(57)52(53)59)44-62-43-41-39-37-35-33-31-29-27-22-20-18-16-14-12-10-8-6-4-2/h46,48-53,55-59H,3-45H2,1-2H3,(H,60,61)/t46-,48?,49-,50?,51?,52?,53?/m1/s1. The van der Waals surface area contributed by atoms with Crippen molar-refractivity contribution in [1.82, 2.24) is 0 Å². The van der Waals surface area contributed by atoms with Crippen molar-refractivity contribution in [2.24, 2.45) is 0 Å². The molecule has 0 aliphatic heterocycles. The van der Waals surface area contributed by atoms with Gasteiger partial charge in [0.1, 0.15) is 42.7 Å². The number of phosphoric acid groups is 1. The molecule has 0 heterocycles. The van der Waals surface area contributed by atoms with E-state index in [4.69, 9.17) is 18.5 Å². The molecule has 0 aromatic rings. The monoisotopic (exact) mass is 965 g/mol. The van der Waals surface area contributed by atoms with E-state index in [0.29, 0.717) is 13.0 Å². The molecule has 6 N–H and O–H groups in total. The van der Waals surface area contributed by atoms with E-state index in [-0.39, 0.29) is 13.0 Å². The number of hydrogen-bond donors (Lipinski definition) is 6. The van der Waals surface area contributed by atoms with Gasteiger partial charge in [-0.15, -0.1) is 0 Å². The zero-order chi connectivity index (χ0) is 48.4. The molecule has 12 nitrogen and oxygen atoms in total. The molecule has 1 aliphatic carbocycles. The van der Waals surface area contributed by atoms with E-state index in [0.717, 1.165) is 38.5 Å². The summed E-state index contributed by atoms with van der Waals surface area (Å²) in [6.07, 6.45) is 37.4. The molecule has 0 radical (unpaired) electrons. The predicted molar refractivity (Wildman–Crippen MR) is 267 cm³/mol. The third kappa shape index (κ3) is 35.4. The Morgan fingerprint density at radius 1 is 0.424 bits per heavy atom. The van der Waals surface area contributed by atoms with Crippen LogP contribution in [0, 0.1) is 0 Å². The maximum absolute atomic E-state index is 12.9. The second-order valence-corrected chi connectivity index (χ2v) is 21.2. The topological polar surface area (TPSA) is 192 Å². The van der Waals surface area contributed by atoms with Gasteiger partial charge in [0.2, 0.25) is 0 Å². The van der Waals surface area contributed by atoms with Crippen LogP contribution in [-0.4, -0.2) is 98.9 Å². The number of aliphatic hydroxyl groups excluding tert-OH is 5. The molecule has 13 heteroatoms. The summed E-state index contributed by atoms with van der Waals surface area (Å²) in [6.45, 7) is 4.34. The van der Waals surface area contributed by atoms with Crippen LogP contribution < -0.4 is 0 Å². The third-order valence-corrected chi connectivity index (χ3v) is 14.5. The second-order valence-electron chi connectivity index (χ2n) is 19.8. The van der Waals surface area contributed by atoms with Crippen molar-refractivity contribution in [3.8, 4) is 0 Å². The molecule has 6 unspecified atom stereocenters. The smallest absolute Gasteiger partial charge is 0.457 e. The molecule has 0 spiro atoms. The average molecular weight is 965 g/mol. The summed E-state index contributed by atoms with van der Waals surface area (Å²) >= 11 is 0. The minimum absolute atomic E-state index is 0.0672. The molecule has 0 amide bonds. The number of aliphatic hydroxyl groups is 5. The van der Waals surface area contributed by atoms with Gasteiger partial charge in [-0.05, 0) is 12.8 Å². The lowest BCUT2D eigenvalue weighted by Crippen LogP contribution is -2.64. The van der Waals surface area contributed by atoms with Gasteiger partial charge >= 0.3 is 13.8 Å². The minimum atomic E-state index is -5.02. The van der Waals surface area contributed by atoms with Gasteiger partial charge in [0.05, 0.1) is 13.2 Å². The van der Waals surface area contributed by atoms with E-state index < -0.39 is 63.1 Å². The van der Waals surface area contributed by atoms with Gasteiger partial charge in [-0.1, -0.05) is 251 Å². The Morgan fingerprint density at radius 3 is 1.05 bits per heavy atom. The second kappa shape index (κ2) is 44.3. The normalized spacial score (nSPS) is 21.3. The van der Waals surface area contributed by atoms with Crippen LogP contribution in [0.3, 0.4) is 0 Å². The van der Waals surface area contributed by atoms with Gasteiger partial charge in [0.25, 0.3) is 0 Å². The van der Waals surface area contributed by atoms with Crippen molar-refractivity contribution in [3.63, 3.8) is 0 Å². The molecule has 1 rings (SSSR count). The van der Waals surface area contributed by atoms with Crippen molar-refractivity contribution in [1.29, 1.82) is 0 Å². The third-order valence-electron chi connectivity index (χ3n) is 13.5. The first-order valence-corrected chi connectivity index (χ1v) is 29.4. The fraction of sp³-hybridized carbons (Fsp3) is 0.981. The molecular formula is C53H105O12P. The summed E-state index contributed by atoms with van der Waals surface area (Å²) in [7, 11) is -5.02. The molecule has 0 saturated heterocycles. The maximum Gasteiger partial charge on any atom is 0.472 e. The number of hydrogen-bond acceptors (Lipinski definition) is 11. The van der Waals surface area contributed by atoms with E-state index >= 15 is 0 Å². The van der Waals surface area contributed by atoms with Crippen molar-refractivity contribution in [2.45, 2.75) is 313 Å². The number of ether oxygens (including phenoxy) is 2. The van der Waals surface area contributed by atoms with Crippen LogP contribution in [0.4, 0.5) is 0 Å². The summed E-state index contributed by atoms with van der Waals surface area (Å²) in [4.78, 5) is 23.3. The Morgan fingerprint density at radius 2 is 0.712 bits per heavy atom. The van der Waals surface area contributed by atoms with Gasteiger partial charge in [0.15, 0.2) is 0 Å². The summed E-state index contributed by atoms with van der Waals surface area (Å²) in [6, 6.07) is 0. The van der Waals surface area contributed by atoms with Crippen molar-refractivity contribution in [3.05, 3.63) is 0 Å². The van der Waals surface area contributed by atoms with Crippen LogP contribution in [0.5, 0.6) is 0 Å². The molecule has 8 atom stereocenters. The quantitative estimate of drug-likeness (QED) is 0.0192. The van der Waals surface area contributed by atoms with Gasteiger partial charge in [-0.3, -0.25) is 13.8 Å². The first kappa shape index (κ1) is 63.4. The van der Waals surface area contributed by atoms with Crippen LogP contribution in [0.25, 0.3) is 0 Å². The number of phosphoric ester groups is 1. The molecule has 1 fully saturated rings. The first-order valence-electron chi connectivity index (χ1n) is 27.9. The predicted octanol–water partition coefficient (Wildman–Crippen LogP) is 12.9. The molecule has 1 aliphatic rings. The maximum atomic E-state index is 12.9. The van der Waals surface area contributed by atoms with Crippen molar-refractivity contribution < 1.29 is 58.3 Å². The zero-order valence-electron chi connectivity index (χ0n) is 42.5. The van der Waals surface area contributed by atoms with Gasteiger partial charge in [-0.2, -0.15) is 0 Å². The highest BCUT2D eigenvalue weighted by Crippen LogP contribution is 2.47. The van der Waals surface area contributed by atoms with E-state index in [9.17, 15) is 39.8 Å². The molecule has 0 aromatic heterocycles. The summed E-state index contributed by atoms with van der Waals surface area (Å²) in [5.74, 6) is -0.467. The van der Waals surface area contributed by atoms with Crippen LogP contribution in [-0.2, 0) is 27.9 Å². The fourth-order valence-corrected chi connectivity index (χ4v) is 10.0. The fourth-order valence-electron chi connectivity index (χ4n) is 9.07. The SMILES string of the molecule is CCCCCCCCCCCCCCCCCCCCCCCC(=O)O[C@H](COCCCCCCCCCCCCCCCCCCCC)COP(=O)(O)OC1C(O)C(O)C(O)[C@@H](O)C1O. The van der Waals surface area contributed by atoms with E-state index in [1.165, 1.54) is 205 Å². The van der Waals surface area contributed by atoms with Crippen molar-refractivity contribution in [2.75, 3.05) is 19.8 Å². The first-order chi connectivity index (χ1) is 32.0. The van der Waals surface area contributed by atoms with E-state index in [1.54, 1.807) is 0 Å². The number of carbonyl (C=O) groups is 1. The number of esters is 1. The summed E-state index contributed by atoms with van der Waals surface area (Å²) in [5, 5.41) is 50.4. The average Bonchev–Trinajstić information content (AvgIpc) is 3.30. The van der Waals surface area contributed by atoms with Gasteiger partial charge in [0, 0.05) is 13.0 Å². The highest BCUT2D eigenvalue weighted by atomic mass is 31.2. The Bertz CT molecular complexity index is 1100. The van der Waals surface area contributed by atoms with Crippen molar-refractivity contribution >= 4 is 13.8 Å². The highest BCUT2D eigenvalue weighted by Gasteiger charge is 2.51. The van der Waals surface area contributed by atoms with Crippen LogP contribution >= 0.6 is 7.82 Å². The lowest BCUT2D eigenvalue weighted by atomic mass is 9.85. The van der Waals surface area contributed by atoms with E-state index in [1.807, 2.05) is 0 Å². The molecule has 0 aromatic carbocycles. The molecule has 394 valence electrons. The Balaban J connectivity index is 2.28. The van der Waals surface area contributed by atoms with Crippen LogP contribution in [0.2, 0.25) is 0 Å². The Hall–Kier alpha value is -0.660. The number of rotatable bonds is 49. The lowest BCUT2D eigenvalue weighted by Gasteiger charge is -2.41. The summed E-state index contributed by atoms with van der Waals surface area (Å²) in [5.41, 5.74) is 0. The highest BCUT2D eigenvalue weighted by molar-refractivity contribution is 7.47. The van der Waals surface area contributed by atoms with Crippen LogP contribution in [0.15, 0.2) is 0 Å². The Kier molecular flexibility index (Phi) is 42.5. The number of unbranched alkanes of at least 4 members (excludes halogenated alkanes) is 37. The Labute approximate surface area is 404 Å². The van der Waals surface area contributed by atoms with Crippen LogP contribution in [0.1, 0.15) is 271 Å². The largest absolute Gasteiger partial charge is 0.472 e. The molecular weight excluding hydrogens is 860 g/mol. The lowest BCUT2D eigenvalue weighted by molar-refractivity contribution is -0.220. The van der Waals surface area contributed by atoms with Gasteiger partial charge in [-0.25, -0.2) is 4.57 Å². The zero-order valence-corrected chi connectivity index (χ0v) is 43.4.